The van der Waals surface area contributed by atoms with E-state index in [0.717, 1.165) is 18.3 Å². The van der Waals surface area contributed by atoms with Gasteiger partial charge in [0.25, 0.3) is 0 Å². The van der Waals surface area contributed by atoms with Crippen molar-refractivity contribution in [3.63, 3.8) is 0 Å². The predicted molar refractivity (Wildman–Crippen MR) is 87.8 cm³/mol. The van der Waals surface area contributed by atoms with Gasteiger partial charge in [-0.2, -0.15) is 0 Å². The number of hydrogen-bond donors (Lipinski definition) is 1. The van der Waals surface area contributed by atoms with Gasteiger partial charge in [-0.25, -0.2) is 0 Å². The monoisotopic (exact) mass is 272 g/mol. The summed E-state index contributed by atoms with van der Waals surface area (Å²) in [4.78, 5) is 4.46. The van der Waals surface area contributed by atoms with Gasteiger partial charge in [-0.05, 0) is 57.1 Å². The van der Waals surface area contributed by atoms with Gasteiger partial charge in [0, 0.05) is 24.3 Å². The van der Waals surface area contributed by atoms with Crippen molar-refractivity contribution in [1.82, 2.24) is 5.32 Å². The molecule has 1 fully saturated rings. The minimum atomic E-state index is 0.686. The summed E-state index contributed by atoms with van der Waals surface area (Å²) < 4.78 is 0. The standard InChI is InChI=1S/C18H28N2/c1-4-17(20-18-12-13-18)11-8-15-6-9-16(10-7-15)14(3)19-5-2/h6-7,9-10,17-18,20H,4-5,8,11-13H2,1-3H3/b19-14+. The molecule has 0 saturated heterocycles. The third-order valence-electron chi connectivity index (χ3n) is 4.09. The highest BCUT2D eigenvalue weighted by Gasteiger charge is 2.23. The van der Waals surface area contributed by atoms with Crippen LogP contribution in [0.25, 0.3) is 0 Å². The van der Waals surface area contributed by atoms with Crippen LogP contribution in [0.2, 0.25) is 0 Å². The van der Waals surface area contributed by atoms with Crippen molar-refractivity contribution in [2.45, 2.75) is 65.0 Å². The van der Waals surface area contributed by atoms with E-state index in [1.807, 2.05) is 0 Å². The molecular formula is C18H28N2. The maximum absolute atomic E-state index is 4.46. The molecule has 2 nitrogen and oxygen atoms in total. The maximum atomic E-state index is 4.46. The fraction of sp³-hybridized carbons (Fsp3) is 0.611. The average molecular weight is 272 g/mol. The van der Waals surface area contributed by atoms with Crippen molar-refractivity contribution in [3.8, 4) is 0 Å². The van der Waals surface area contributed by atoms with Gasteiger partial charge in [0.15, 0.2) is 0 Å². The van der Waals surface area contributed by atoms with E-state index in [2.05, 4.69) is 55.3 Å². The fourth-order valence-electron chi connectivity index (χ4n) is 2.57. The van der Waals surface area contributed by atoms with E-state index < -0.39 is 0 Å². The summed E-state index contributed by atoms with van der Waals surface area (Å²) in [7, 11) is 0. The fourth-order valence-corrected chi connectivity index (χ4v) is 2.57. The minimum absolute atomic E-state index is 0.686. The van der Waals surface area contributed by atoms with Crippen LogP contribution >= 0.6 is 0 Å². The van der Waals surface area contributed by atoms with Gasteiger partial charge in [0.05, 0.1) is 0 Å². The lowest BCUT2D eigenvalue weighted by Gasteiger charge is -2.16. The molecule has 1 atom stereocenters. The first-order valence-corrected chi connectivity index (χ1v) is 8.09. The van der Waals surface area contributed by atoms with Crippen molar-refractivity contribution in [1.29, 1.82) is 0 Å². The molecule has 1 unspecified atom stereocenters. The topological polar surface area (TPSA) is 24.4 Å². The molecule has 0 bridgehead atoms. The smallest absolute Gasteiger partial charge is 0.0389 e. The molecule has 1 aliphatic carbocycles. The first-order chi connectivity index (χ1) is 9.72. The van der Waals surface area contributed by atoms with E-state index in [1.54, 1.807) is 0 Å². The molecule has 1 aliphatic rings. The summed E-state index contributed by atoms with van der Waals surface area (Å²) in [5.41, 5.74) is 3.83. The van der Waals surface area contributed by atoms with Crippen LogP contribution in [0.15, 0.2) is 29.3 Å². The lowest BCUT2D eigenvalue weighted by Crippen LogP contribution is -2.30. The zero-order valence-corrected chi connectivity index (χ0v) is 13.2. The van der Waals surface area contributed by atoms with Gasteiger partial charge < -0.3 is 5.32 Å². The molecule has 0 heterocycles. The average Bonchev–Trinajstić information content (AvgIpc) is 3.28. The van der Waals surface area contributed by atoms with Gasteiger partial charge in [-0.1, -0.05) is 31.2 Å². The van der Waals surface area contributed by atoms with Crippen LogP contribution in [-0.2, 0) is 6.42 Å². The number of aliphatic imine (C=N–C) groups is 1. The second-order valence-electron chi connectivity index (χ2n) is 5.84. The van der Waals surface area contributed by atoms with Crippen LogP contribution < -0.4 is 5.32 Å². The highest BCUT2D eigenvalue weighted by molar-refractivity contribution is 5.98. The summed E-state index contributed by atoms with van der Waals surface area (Å²) in [6.45, 7) is 7.31. The third-order valence-corrected chi connectivity index (χ3v) is 4.09. The number of nitrogens with zero attached hydrogens (tertiary/aromatic N) is 1. The predicted octanol–water partition coefficient (Wildman–Crippen LogP) is 3.98. The number of aryl methyl sites for hydroxylation is 1. The molecule has 0 spiro atoms. The Bertz CT molecular complexity index is 429. The molecule has 0 radical (unpaired) electrons. The van der Waals surface area contributed by atoms with E-state index in [4.69, 9.17) is 0 Å². The summed E-state index contributed by atoms with van der Waals surface area (Å²) in [6, 6.07) is 10.4. The van der Waals surface area contributed by atoms with Crippen LogP contribution in [0.3, 0.4) is 0 Å². The van der Waals surface area contributed by atoms with Crippen LogP contribution in [0.4, 0.5) is 0 Å². The molecule has 0 aliphatic heterocycles. The summed E-state index contributed by atoms with van der Waals surface area (Å²) in [6.07, 6.45) is 6.40. The normalized spacial score (nSPS) is 17.2. The highest BCUT2D eigenvalue weighted by atomic mass is 15.0. The Labute approximate surface area is 123 Å². The summed E-state index contributed by atoms with van der Waals surface area (Å²) >= 11 is 0. The molecule has 2 heteroatoms. The first-order valence-electron chi connectivity index (χ1n) is 8.09. The van der Waals surface area contributed by atoms with E-state index in [9.17, 15) is 0 Å². The minimum Gasteiger partial charge on any atom is -0.311 e. The zero-order chi connectivity index (χ0) is 14.4. The van der Waals surface area contributed by atoms with Crippen molar-refractivity contribution in [2.75, 3.05) is 6.54 Å². The van der Waals surface area contributed by atoms with Gasteiger partial charge >= 0.3 is 0 Å². The van der Waals surface area contributed by atoms with Crippen LogP contribution in [-0.4, -0.2) is 24.3 Å². The van der Waals surface area contributed by atoms with Gasteiger partial charge in [-0.15, -0.1) is 0 Å². The van der Waals surface area contributed by atoms with Crippen LogP contribution in [0.5, 0.6) is 0 Å². The van der Waals surface area contributed by atoms with Crippen molar-refractivity contribution >= 4 is 5.71 Å². The molecule has 20 heavy (non-hydrogen) atoms. The molecule has 1 N–H and O–H groups in total. The molecule has 2 rings (SSSR count). The molecule has 1 saturated carbocycles. The zero-order valence-electron chi connectivity index (χ0n) is 13.2. The molecule has 0 aromatic heterocycles. The molecular weight excluding hydrogens is 244 g/mol. The number of hydrogen-bond acceptors (Lipinski definition) is 2. The molecule has 110 valence electrons. The van der Waals surface area contributed by atoms with Crippen molar-refractivity contribution < 1.29 is 0 Å². The largest absolute Gasteiger partial charge is 0.311 e. The van der Waals surface area contributed by atoms with Gasteiger partial charge in [0.2, 0.25) is 0 Å². The third kappa shape index (κ3) is 4.75. The van der Waals surface area contributed by atoms with Crippen molar-refractivity contribution in [3.05, 3.63) is 35.4 Å². The molecule has 1 aromatic rings. The van der Waals surface area contributed by atoms with Crippen LogP contribution in [0, 0.1) is 0 Å². The number of benzene rings is 1. The Morgan fingerprint density at radius 2 is 1.95 bits per heavy atom. The second-order valence-corrected chi connectivity index (χ2v) is 5.84. The van der Waals surface area contributed by atoms with E-state index in [-0.39, 0.29) is 0 Å². The van der Waals surface area contributed by atoms with Crippen molar-refractivity contribution in [2.24, 2.45) is 4.99 Å². The Kier molecular flexibility index (Phi) is 5.78. The first kappa shape index (κ1) is 15.2. The number of nitrogens with one attached hydrogen (secondary N) is 1. The Hall–Kier alpha value is -1.15. The lowest BCUT2D eigenvalue weighted by atomic mass is 10.0. The van der Waals surface area contributed by atoms with Gasteiger partial charge in [0.1, 0.15) is 0 Å². The Morgan fingerprint density at radius 1 is 1.25 bits per heavy atom. The summed E-state index contributed by atoms with van der Waals surface area (Å²) in [5.74, 6) is 0. The van der Waals surface area contributed by atoms with E-state index >= 15 is 0 Å². The quantitative estimate of drug-likeness (QED) is 0.711. The SMILES string of the molecule is CC/N=C(\C)c1ccc(CCC(CC)NC2CC2)cc1. The van der Waals surface area contributed by atoms with E-state index in [0.29, 0.717) is 6.04 Å². The van der Waals surface area contributed by atoms with Gasteiger partial charge in [-0.3, -0.25) is 4.99 Å². The molecule has 0 amide bonds. The lowest BCUT2D eigenvalue weighted by molar-refractivity contribution is 0.465. The Balaban J connectivity index is 1.84. The maximum Gasteiger partial charge on any atom is 0.0389 e. The summed E-state index contributed by atoms with van der Waals surface area (Å²) in [5, 5.41) is 3.74. The van der Waals surface area contributed by atoms with E-state index in [1.165, 1.54) is 43.2 Å². The molecule has 1 aromatic carbocycles. The number of rotatable bonds is 8. The Morgan fingerprint density at radius 3 is 2.50 bits per heavy atom. The second kappa shape index (κ2) is 7.58. The van der Waals surface area contributed by atoms with Crippen LogP contribution in [0.1, 0.15) is 57.6 Å². The highest BCUT2D eigenvalue weighted by Crippen LogP contribution is 2.21.